The van der Waals surface area contributed by atoms with Gasteiger partial charge in [-0.05, 0) is 55.7 Å². The summed E-state index contributed by atoms with van der Waals surface area (Å²) < 4.78 is 16.4. The monoisotopic (exact) mass is 593 g/mol. The van der Waals surface area contributed by atoms with Crippen molar-refractivity contribution in [3.63, 3.8) is 0 Å². The highest BCUT2D eigenvalue weighted by molar-refractivity contribution is 5.96. The first kappa shape index (κ1) is 36.3. The molecule has 2 amide bonds. The quantitative estimate of drug-likeness (QED) is 0.194. The molecule has 0 aliphatic carbocycles. The summed E-state index contributed by atoms with van der Waals surface area (Å²) in [5.74, 6) is 0.175. The van der Waals surface area contributed by atoms with Crippen molar-refractivity contribution < 1.29 is 28.9 Å². The average molecular weight is 594 g/mol. The standard InChI is InChI=1S/C31H47N3O6.ClH/c1-22(2)23(20-33-29(36)25-15-9-10-16-28(25)40-18-12-11-17-38-4)19-26(32)27(35)21-34-30(37)31(3,39-5)24-13-7-6-8-14-24;/h6-10,13-16,22-23,26-27,35H,11-12,17-21,32H2,1-5H3,(H,33,36)(H,34,37);1H/t23?,26?,27?,31-;/m1./s1. The molecule has 3 unspecified atom stereocenters. The number of nitrogens with one attached hydrogen (secondary N) is 2. The van der Waals surface area contributed by atoms with Crippen molar-refractivity contribution >= 4 is 24.2 Å². The van der Waals surface area contributed by atoms with Gasteiger partial charge >= 0.3 is 0 Å². The first-order valence-corrected chi connectivity index (χ1v) is 14.0. The van der Waals surface area contributed by atoms with E-state index >= 15 is 0 Å². The number of benzene rings is 2. The van der Waals surface area contributed by atoms with E-state index in [0.717, 1.165) is 12.8 Å². The van der Waals surface area contributed by atoms with Gasteiger partial charge in [-0.3, -0.25) is 9.59 Å². The average Bonchev–Trinajstić information content (AvgIpc) is 2.97. The number of amides is 2. The normalized spacial score (nSPS) is 14.7. The molecule has 0 fully saturated rings. The van der Waals surface area contributed by atoms with Gasteiger partial charge in [-0.25, -0.2) is 0 Å². The number of aliphatic hydroxyl groups is 1. The van der Waals surface area contributed by atoms with E-state index in [0.29, 0.717) is 43.1 Å². The van der Waals surface area contributed by atoms with Crippen molar-refractivity contribution in [2.24, 2.45) is 17.6 Å². The summed E-state index contributed by atoms with van der Waals surface area (Å²) in [4.78, 5) is 26.0. The number of carbonyl (C=O) groups is 2. The molecule has 0 aliphatic heterocycles. The van der Waals surface area contributed by atoms with Gasteiger partial charge in [0.05, 0.1) is 18.3 Å². The molecular weight excluding hydrogens is 546 g/mol. The maximum absolute atomic E-state index is 13.0. The zero-order valence-corrected chi connectivity index (χ0v) is 25.7. The lowest BCUT2D eigenvalue weighted by atomic mass is 9.87. The Balaban J connectivity index is 0.00000840. The number of aliphatic hydroxyl groups excluding tert-OH is 1. The van der Waals surface area contributed by atoms with Crippen LogP contribution in [0.4, 0.5) is 0 Å². The third kappa shape index (κ3) is 11.2. The molecule has 0 aliphatic rings. The van der Waals surface area contributed by atoms with Gasteiger partial charge in [0.1, 0.15) is 5.75 Å². The Morgan fingerprint density at radius 1 is 0.951 bits per heavy atom. The summed E-state index contributed by atoms with van der Waals surface area (Å²) in [6.45, 7) is 7.34. The maximum Gasteiger partial charge on any atom is 0.256 e. The fourth-order valence-electron chi connectivity index (χ4n) is 4.34. The van der Waals surface area contributed by atoms with Crippen molar-refractivity contribution in [1.29, 1.82) is 0 Å². The molecule has 2 rings (SSSR count). The molecule has 41 heavy (non-hydrogen) atoms. The molecule has 0 aromatic heterocycles. The van der Waals surface area contributed by atoms with Crippen molar-refractivity contribution in [2.75, 3.05) is 40.5 Å². The number of halogens is 1. The van der Waals surface area contributed by atoms with Gasteiger partial charge in [-0.15, -0.1) is 12.4 Å². The highest BCUT2D eigenvalue weighted by Crippen LogP contribution is 2.25. The first-order chi connectivity index (χ1) is 19.1. The van der Waals surface area contributed by atoms with Crippen molar-refractivity contribution in [3.05, 3.63) is 65.7 Å². The summed E-state index contributed by atoms with van der Waals surface area (Å²) in [5.41, 5.74) is 6.34. The highest BCUT2D eigenvalue weighted by Gasteiger charge is 2.35. The molecule has 0 spiro atoms. The third-order valence-electron chi connectivity index (χ3n) is 7.31. The zero-order chi connectivity index (χ0) is 29.5. The summed E-state index contributed by atoms with van der Waals surface area (Å²) >= 11 is 0. The van der Waals surface area contributed by atoms with E-state index in [2.05, 4.69) is 24.5 Å². The van der Waals surface area contributed by atoms with Crippen LogP contribution >= 0.6 is 12.4 Å². The van der Waals surface area contributed by atoms with Gasteiger partial charge in [0, 0.05) is 40.0 Å². The summed E-state index contributed by atoms with van der Waals surface area (Å²) in [6, 6.07) is 15.8. The Hall–Kier alpha value is -2.69. The third-order valence-corrected chi connectivity index (χ3v) is 7.31. The van der Waals surface area contributed by atoms with Gasteiger partial charge in [-0.1, -0.05) is 56.3 Å². The topological polar surface area (TPSA) is 132 Å². The second-order valence-electron chi connectivity index (χ2n) is 10.5. The van der Waals surface area contributed by atoms with Crippen LogP contribution in [0.25, 0.3) is 0 Å². The number of unbranched alkanes of at least 4 members (excludes halogenated alkanes) is 1. The van der Waals surface area contributed by atoms with Crippen molar-refractivity contribution in [2.45, 2.75) is 57.8 Å². The number of rotatable bonds is 18. The van der Waals surface area contributed by atoms with E-state index in [9.17, 15) is 14.7 Å². The number of nitrogens with two attached hydrogens (primary N) is 1. The Kier molecular flexibility index (Phi) is 16.6. The SMILES string of the molecule is COCCCCOc1ccccc1C(=O)NCC(CC(N)C(O)CNC(=O)[C@](C)(OC)c1ccccc1)C(C)C.Cl. The van der Waals surface area contributed by atoms with Crippen LogP contribution in [-0.4, -0.2) is 69.6 Å². The molecule has 0 heterocycles. The smallest absolute Gasteiger partial charge is 0.256 e. The minimum Gasteiger partial charge on any atom is -0.493 e. The Labute approximate surface area is 250 Å². The van der Waals surface area contributed by atoms with Crippen LogP contribution in [0.15, 0.2) is 54.6 Å². The fraction of sp³-hybridized carbons (Fsp3) is 0.548. The van der Waals surface area contributed by atoms with Gasteiger partial charge < -0.3 is 35.7 Å². The highest BCUT2D eigenvalue weighted by atomic mass is 35.5. The molecule has 10 heteroatoms. The van der Waals surface area contributed by atoms with Gasteiger partial charge in [0.15, 0.2) is 5.60 Å². The Morgan fingerprint density at radius 2 is 1.59 bits per heavy atom. The van der Waals surface area contributed by atoms with E-state index < -0.39 is 17.7 Å². The molecule has 0 bridgehead atoms. The predicted octanol–water partition coefficient (Wildman–Crippen LogP) is 3.67. The van der Waals surface area contributed by atoms with Crippen LogP contribution < -0.4 is 21.1 Å². The van der Waals surface area contributed by atoms with Gasteiger partial charge in [0.2, 0.25) is 0 Å². The largest absolute Gasteiger partial charge is 0.493 e. The van der Waals surface area contributed by atoms with Crippen LogP contribution in [-0.2, 0) is 19.9 Å². The van der Waals surface area contributed by atoms with Crippen molar-refractivity contribution in [1.82, 2.24) is 10.6 Å². The molecule has 2 aromatic rings. The molecule has 5 N–H and O–H groups in total. The molecule has 230 valence electrons. The van der Waals surface area contributed by atoms with Crippen LogP contribution in [0.1, 0.15) is 56.0 Å². The van der Waals surface area contributed by atoms with E-state index in [4.69, 9.17) is 19.9 Å². The molecule has 4 atom stereocenters. The van der Waals surface area contributed by atoms with Crippen LogP contribution in [0.3, 0.4) is 0 Å². The van der Waals surface area contributed by atoms with Crippen molar-refractivity contribution in [3.8, 4) is 5.75 Å². The predicted molar refractivity (Wildman–Crippen MR) is 163 cm³/mol. The molecule has 0 saturated carbocycles. The number of hydrogen-bond donors (Lipinski definition) is 4. The lowest BCUT2D eigenvalue weighted by Gasteiger charge is -2.30. The molecular formula is C31H48ClN3O6. The van der Waals surface area contributed by atoms with E-state index in [1.54, 1.807) is 32.2 Å². The minimum atomic E-state index is -1.19. The van der Waals surface area contributed by atoms with Crippen LogP contribution in [0, 0.1) is 11.8 Å². The summed E-state index contributed by atoms with van der Waals surface area (Å²) in [7, 11) is 3.14. The fourth-order valence-corrected chi connectivity index (χ4v) is 4.34. The lowest BCUT2D eigenvalue weighted by molar-refractivity contribution is -0.143. The second kappa shape index (κ2) is 18.7. The molecule has 0 radical (unpaired) electrons. The molecule has 0 saturated heterocycles. The van der Waals surface area contributed by atoms with E-state index in [-0.39, 0.29) is 42.6 Å². The number of para-hydroxylation sites is 1. The van der Waals surface area contributed by atoms with Crippen LogP contribution in [0.5, 0.6) is 5.75 Å². The number of hydrogen-bond acceptors (Lipinski definition) is 7. The van der Waals surface area contributed by atoms with E-state index in [1.165, 1.54) is 7.11 Å². The number of methoxy groups -OCH3 is 2. The first-order valence-electron chi connectivity index (χ1n) is 14.0. The van der Waals surface area contributed by atoms with E-state index in [1.807, 2.05) is 36.4 Å². The molecule has 2 aromatic carbocycles. The number of ether oxygens (including phenoxy) is 3. The van der Waals surface area contributed by atoms with Gasteiger partial charge in [0.25, 0.3) is 11.8 Å². The Bertz CT molecular complexity index is 1040. The van der Waals surface area contributed by atoms with Crippen LogP contribution in [0.2, 0.25) is 0 Å². The molecule has 9 nitrogen and oxygen atoms in total. The minimum absolute atomic E-state index is 0. The zero-order valence-electron chi connectivity index (χ0n) is 24.9. The van der Waals surface area contributed by atoms with Gasteiger partial charge in [-0.2, -0.15) is 0 Å². The lowest BCUT2D eigenvalue weighted by Crippen LogP contribution is -2.50. The summed E-state index contributed by atoms with van der Waals surface area (Å²) in [5, 5.41) is 16.5. The second-order valence-corrected chi connectivity index (χ2v) is 10.5. The summed E-state index contributed by atoms with van der Waals surface area (Å²) in [6.07, 6.45) is 1.21. The Morgan fingerprint density at radius 3 is 2.22 bits per heavy atom. The number of carbonyl (C=O) groups excluding carboxylic acids is 2. The maximum atomic E-state index is 13.0.